The summed E-state index contributed by atoms with van der Waals surface area (Å²) in [4.78, 5) is 17.1. The van der Waals surface area contributed by atoms with Gasteiger partial charge < -0.3 is 10.1 Å². The topological polar surface area (TPSA) is 75.0 Å². The third-order valence-electron chi connectivity index (χ3n) is 3.78. The summed E-state index contributed by atoms with van der Waals surface area (Å²) < 4.78 is 7.61. The number of pyridine rings is 1. The van der Waals surface area contributed by atoms with E-state index in [1.54, 1.807) is 12.1 Å². The van der Waals surface area contributed by atoms with Gasteiger partial charge in [0, 0.05) is 14.6 Å². The first kappa shape index (κ1) is 23.2. The van der Waals surface area contributed by atoms with Crippen molar-refractivity contribution in [1.29, 1.82) is 5.26 Å². The predicted octanol–water partition coefficient (Wildman–Crippen LogP) is 6.32. The SMILES string of the molecule is CCCCc1ccc(C#N)c(SCC(=O)Nc2c(OC)cc(Br)c(Br)c2Br)n1. The molecule has 0 unspecified atom stereocenters. The van der Waals surface area contributed by atoms with Crippen molar-refractivity contribution in [3.05, 3.63) is 42.9 Å². The molecule has 1 aromatic carbocycles. The molecule has 0 aliphatic rings. The lowest BCUT2D eigenvalue weighted by Gasteiger charge is -2.14. The highest BCUT2D eigenvalue weighted by molar-refractivity contribution is 9.14. The molecule has 1 amide bonds. The van der Waals surface area contributed by atoms with Crippen molar-refractivity contribution in [1.82, 2.24) is 4.98 Å². The van der Waals surface area contributed by atoms with E-state index in [9.17, 15) is 10.1 Å². The monoisotopic (exact) mass is 589 g/mol. The van der Waals surface area contributed by atoms with Crippen LogP contribution in [-0.2, 0) is 11.2 Å². The van der Waals surface area contributed by atoms with Crippen LogP contribution in [0.25, 0.3) is 0 Å². The van der Waals surface area contributed by atoms with Gasteiger partial charge in [0.1, 0.15) is 16.8 Å². The number of carbonyl (C=O) groups excluding carboxylic acids is 1. The summed E-state index contributed by atoms with van der Waals surface area (Å²) in [6.45, 7) is 2.12. The molecule has 0 saturated carbocycles. The summed E-state index contributed by atoms with van der Waals surface area (Å²) in [5, 5.41) is 12.8. The van der Waals surface area contributed by atoms with Crippen LogP contribution in [0.2, 0.25) is 0 Å². The number of hydrogen-bond donors (Lipinski definition) is 1. The second-order valence-electron chi connectivity index (χ2n) is 5.77. The molecule has 0 atom stereocenters. The van der Waals surface area contributed by atoms with Gasteiger partial charge in [-0.25, -0.2) is 4.98 Å². The minimum Gasteiger partial charge on any atom is -0.494 e. The highest BCUT2D eigenvalue weighted by Gasteiger charge is 2.17. The fraction of sp³-hybridized carbons (Fsp3) is 0.316. The van der Waals surface area contributed by atoms with Crippen LogP contribution in [0.3, 0.4) is 0 Å². The van der Waals surface area contributed by atoms with E-state index in [4.69, 9.17) is 4.74 Å². The number of nitrogens with one attached hydrogen (secondary N) is 1. The minimum absolute atomic E-state index is 0.127. The summed E-state index contributed by atoms with van der Waals surface area (Å²) in [5.41, 5.74) is 1.95. The molecule has 2 aromatic rings. The van der Waals surface area contributed by atoms with Gasteiger partial charge in [-0.3, -0.25) is 4.79 Å². The molecule has 1 heterocycles. The molecule has 9 heteroatoms. The number of unbranched alkanes of at least 4 members (excludes halogenated alkanes) is 1. The fourth-order valence-corrected chi connectivity index (χ4v) is 4.62. The van der Waals surface area contributed by atoms with E-state index in [0.29, 0.717) is 26.5 Å². The Hall–Kier alpha value is -1.08. The number of ether oxygens (including phenoxy) is 1. The summed E-state index contributed by atoms with van der Waals surface area (Å²) in [7, 11) is 1.54. The minimum atomic E-state index is -0.220. The van der Waals surface area contributed by atoms with Gasteiger partial charge in [-0.2, -0.15) is 5.26 Å². The van der Waals surface area contributed by atoms with Gasteiger partial charge in [-0.15, -0.1) is 0 Å². The third kappa shape index (κ3) is 5.96. The van der Waals surface area contributed by atoms with Crippen molar-refractivity contribution in [2.45, 2.75) is 31.2 Å². The molecular weight excluding hydrogens is 574 g/mol. The van der Waals surface area contributed by atoms with E-state index in [1.807, 2.05) is 6.07 Å². The van der Waals surface area contributed by atoms with E-state index >= 15 is 0 Å². The summed E-state index contributed by atoms with van der Waals surface area (Å²) in [6.07, 6.45) is 2.97. The van der Waals surface area contributed by atoms with Crippen molar-refractivity contribution in [2.24, 2.45) is 0 Å². The number of methoxy groups -OCH3 is 1. The van der Waals surface area contributed by atoms with Gasteiger partial charge in [0.25, 0.3) is 0 Å². The number of benzene rings is 1. The molecule has 1 N–H and O–H groups in total. The predicted molar refractivity (Wildman–Crippen MR) is 123 cm³/mol. The fourth-order valence-electron chi connectivity index (χ4n) is 2.33. The summed E-state index contributed by atoms with van der Waals surface area (Å²) in [6, 6.07) is 7.55. The lowest BCUT2D eigenvalue weighted by atomic mass is 10.2. The average molecular weight is 592 g/mol. The first-order chi connectivity index (χ1) is 13.4. The second kappa shape index (κ2) is 11.2. The van der Waals surface area contributed by atoms with Gasteiger partial charge in [0.15, 0.2) is 0 Å². The zero-order valence-electron chi connectivity index (χ0n) is 15.3. The Balaban J connectivity index is 2.13. The zero-order valence-corrected chi connectivity index (χ0v) is 20.9. The number of nitriles is 1. The maximum Gasteiger partial charge on any atom is 0.234 e. The lowest BCUT2D eigenvalue weighted by Crippen LogP contribution is -2.15. The number of rotatable bonds is 8. The number of carbonyl (C=O) groups is 1. The maximum absolute atomic E-state index is 12.5. The Kier molecular flexibility index (Phi) is 9.28. The van der Waals surface area contributed by atoms with Crippen molar-refractivity contribution in [3.8, 4) is 11.8 Å². The molecule has 2 rings (SSSR count). The van der Waals surface area contributed by atoms with Gasteiger partial charge in [-0.05, 0) is 78.8 Å². The molecular formula is C19H18Br3N3O2S. The molecule has 0 radical (unpaired) electrons. The first-order valence-corrected chi connectivity index (χ1v) is 11.8. The molecule has 0 aliphatic carbocycles. The van der Waals surface area contributed by atoms with Gasteiger partial charge in [-0.1, -0.05) is 25.1 Å². The van der Waals surface area contributed by atoms with Gasteiger partial charge in [0.05, 0.1) is 28.6 Å². The molecule has 0 saturated heterocycles. The summed E-state index contributed by atoms with van der Waals surface area (Å²) in [5.74, 6) is 0.433. The Bertz CT molecular complexity index is 916. The van der Waals surface area contributed by atoms with E-state index in [-0.39, 0.29) is 11.7 Å². The number of aromatic nitrogens is 1. The van der Waals surface area contributed by atoms with E-state index in [0.717, 1.165) is 33.9 Å². The number of aryl methyl sites for hydroxylation is 1. The van der Waals surface area contributed by atoms with Crippen molar-refractivity contribution in [3.63, 3.8) is 0 Å². The van der Waals surface area contributed by atoms with E-state index in [1.165, 1.54) is 18.9 Å². The van der Waals surface area contributed by atoms with Crippen LogP contribution in [0.4, 0.5) is 5.69 Å². The zero-order chi connectivity index (χ0) is 20.7. The normalized spacial score (nSPS) is 10.4. The van der Waals surface area contributed by atoms with Crippen LogP contribution in [-0.4, -0.2) is 23.8 Å². The van der Waals surface area contributed by atoms with Crippen molar-refractivity contribution >= 4 is 71.1 Å². The number of anilines is 1. The number of nitrogens with zero attached hydrogens (tertiary/aromatic N) is 2. The Labute approximate surface area is 194 Å². The van der Waals surface area contributed by atoms with Crippen LogP contribution in [0.15, 0.2) is 36.6 Å². The van der Waals surface area contributed by atoms with E-state index in [2.05, 4.69) is 71.1 Å². The Morgan fingerprint density at radius 2 is 2.07 bits per heavy atom. The van der Waals surface area contributed by atoms with Crippen LogP contribution in [0.5, 0.6) is 5.75 Å². The Morgan fingerprint density at radius 3 is 2.71 bits per heavy atom. The molecule has 0 spiro atoms. The van der Waals surface area contributed by atoms with Gasteiger partial charge >= 0.3 is 0 Å². The molecule has 0 bridgehead atoms. The molecule has 1 aromatic heterocycles. The molecule has 28 heavy (non-hydrogen) atoms. The van der Waals surface area contributed by atoms with E-state index < -0.39 is 0 Å². The van der Waals surface area contributed by atoms with Crippen molar-refractivity contribution < 1.29 is 9.53 Å². The lowest BCUT2D eigenvalue weighted by molar-refractivity contribution is -0.113. The largest absolute Gasteiger partial charge is 0.494 e. The highest BCUT2D eigenvalue weighted by atomic mass is 79.9. The smallest absolute Gasteiger partial charge is 0.234 e. The molecule has 148 valence electrons. The maximum atomic E-state index is 12.5. The number of hydrogen-bond acceptors (Lipinski definition) is 5. The van der Waals surface area contributed by atoms with Crippen LogP contribution >= 0.6 is 59.6 Å². The molecule has 5 nitrogen and oxygen atoms in total. The van der Waals surface area contributed by atoms with Crippen LogP contribution in [0, 0.1) is 11.3 Å². The quantitative estimate of drug-likeness (QED) is 0.287. The van der Waals surface area contributed by atoms with Gasteiger partial charge in [0.2, 0.25) is 5.91 Å². The average Bonchev–Trinajstić information content (AvgIpc) is 2.70. The Morgan fingerprint density at radius 1 is 1.32 bits per heavy atom. The van der Waals surface area contributed by atoms with Crippen LogP contribution < -0.4 is 10.1 Å². The summed E-state index contributed by atoms with van der Waals surface area (Å²) >= 11 is 11.6. The van der Waals surface area contributed by atoms with Crippen molar-refractivity contribution in [2.75, 3.05) is 18.2 Å². The number of halogens is 3. The molecule has 0 fully saturated rings. The third-order valence-corrected chi connectivity index (χ3v) is 8.07. The standard InChI is InChI=1S/C19H18Br3N3O2S/c1-3-4-5-12-7-6-11(9-23)19(24-12)28-10-15(26)25-18-14(27-2)8-13(20)16(21)17(18)22/h6-8H,3-5,10H2,1-2H3,(H,25,26). The second-order valence-corrected chi connectivity index (χ2v) is 9.18. The number of thioether (sulfide) groups is 1. The van der Waals surface area contributed by atoms with Crippen LogP contribution in [0.1, 0.15) is 31.0 Å². The number of amides is 1. The first-order valence-electron chi connectivity index (χ1n) is 8.45. The molecule has 0 aliphatic heterocycles. The highest BCUT2D eigenvalue weighted by Crippen LogP contribution is 2.43.